The molecule has 102 valence electrons. The SMILES string of the molecule is Cc1ccccc1N1C(=O)[C@H]2[C@H]3C=C[C@@H](C3)[C@]2(C)C1=O. The van der Waals surface area contributed by atoms with Crippen LogP contribution in [0.3, 0.4) is 0 Å². The molecule has 1 heterocycles. The van der Waals surface area contributed by atoms with Crippen LogP contribution in [0, 0.1) is 30.1 Å². The summed E-state index contributed by atoms with van der Waals surface area (Å²) in [4.78, 5) is 27.2. The molecule has 0 radical (unpaired) electrons. The normalized spacial score (nSPS) is 37.9. The molecule has 2 aliphatic carbocycles. The Morgan fingerprint density at radius 1 is 1.20 bits per heavy atom. The van der Waals surface area contributed by atoms with Crippen molar-refractivity contribution < 1.29 is 9.59 Å². The van der Waals surface area contributed by atoms with E-state index in [0.717, 1.165) is 17.7 Å². The van der Waals surface area contributed by atoms with E-state index in [9.17, 15) is 9.59 Å². The summed E-state index contributed by atoms with van der Waals surface area (Å²) in [7, 11) is 0. The van der Waals surface area contributed by atoms with Gasteiger partial charge in [0.15, 0.2) is 0 Å². The number of carbonyl (C=O) groups excluding carboxylic acids is 2. The van der Waals surface area contributed by atoms with Gasteiger partial charge in [0.05, 0.1) is 17.0 Å². The molecule has 2 bridgehead atoms. The van der Waals surface area contributed by atoms with E-state index < -0.39 is 5.41 Å². The molecule has 1 aliphatic heterocycles. The van der Waals surface area contributed by atoms with E-state index in [1.165, 1.54) is 4.90 Å². The Kier molecular flexibility index (Phi) is 2.14. The van der Waals surface area contributed by atoms with Gasteiger partial charge in [-0.15, -0.1) is 0 Å². The molecule has 2 fully saturated rings. The maximum Gasteiger partial charge on any atom is 0.241 e. The second-order valence-corrected chi connectivity index (χ2v) is 6.42. The number of carbonyl (C=O) groups is 2. The fourth-order valence-electron chi connectivity index (χ4n) is 4.35. The molecule has 1 saturated carbocycles. The summed E-state index contributed by atoms with van der Waals surface area (Å²) in [5, 5.41) is 0. The summed E-state index contributed by atoms with van der Waals surface area (Å²) in [5.41, 5.74) is 1.19. The van der Waals surface area contributed by atoms with Crippen LogP contribution in [-0.2, 0) is 9.59 Å². The number of nitrogens with zero attached hydrogens (tertiary/aromatic N) is 1. The number of aryl methyl sites for hydroxylation is 1. The smallest absolute Gasteiger partial charge is 0.241 e. The second kappa shape index (κ2) is 3.60. The highest BCUT2D eigenvalue weighted by Gasteiger charge is 2.67. The first-order valence-corrected chi connectivity index (χ1v) is 7.17. The van der Waals surface area contributed by atoms with Crippen molar-refractivity contribution >= 4 is 17.5 Å². The second-order valence-electron chi connectivity index (χ2n) is 6.42. The number of allylic oxidation sites excluding steroid dienone is 2. The predicted molar refractivity (Wildman–Crippen MR) is 76.0 cm³/mol. The minimum absolute atomic E-state index is 0.0105. The molecule has 1 aromatic rings. The maximum atomic E-state index is 12.9. The zero-order valence-electron chi connectivity index (χ0n) is 11.7. The van der Waals surface area contributed by atoms with Gasteiger partial charge < -0.3 is 0 Å². The van der Waals surface area contributed by atoms with Crippen LogP contribution in [0.1, 0.15) is 18.9 Å². The average Bonchev–Trinajstić information content (AvgIpc) is 3.05. The lowest BCUT2D eigenvalue weighted by Gasteiger charge is -2.28. The highest BCUT2D eigenvalue weighted by Crippen LogP contribution is 2.60. The highest BCUT2D eigenvalue weighted by molar-refractivity contribution is 6.24. The minimum Gasteiger partial charge on any atom is -0.274 e. The molecule has 0 N–H and O–H groups in total. The number of benzene rings is 1. The number of anilines is 1. The van der Waals surface area contributed by atoms with Crippen molar-refractivity contribution in [3.05, 3.63) is 42.0 Å². The van der Waals surface area contributed by atoms with Gasteiger partial charge in [0, 0.05) is 0 Å². The first-order chi connectivity index (χ1) is 9.55. The zero-order valence-corrected chi connectivity index (χ0v) is 11.7. The van der Waals surface area contributed by atoms with Gasteiger partial charge in [-0.2, -0.15) is 0 Å². The van der Waals surface area contributed by atoms with Gasteiger partial charge in [0.1, 0.15) is 0 Å². The first-order valence-electron chi connectivity index (χ1n) is 7.17. The van der Waals surface area contributed by atoms with Crippen molar-refractivity contribution in [3.8, 4) is 0 Å². The minimum atomic E-state index is -0.529. The number of para-hydroxylation sites is 1. The Balaban J connectivity index is 1.85. The summed E-state index contributed by atoms with van der Waals surface area (Å²) < 4.78 is 0. The van der Waals surface area contributed by atoms with Crippen LogP contribution in [-0.4, -0.2) is 11.8 Å². The van der Waals surface area contributed by atoms with E-state index in [1.807, 2.05) is 38.1 Å². The van der Waals surface area contributed by atoms with Crippen LogP contribution in [0.4, 0.5) is 5.69 Å². The fraction of sp³-hybridized carbons (Fsp3) is 0.412. The highest BCUT2D eigenvalue weighted by atomic mass is 16.2. The Bertz CT molecular complexity index is 663. The molecule has 2 amide bonds. The summed E-state index contributed by atoms with van der Waals surface area (Å²) in [6, 6.07) is 7.62. The number of rotatable bonds is 1. The standard InChI is InChI=1S/C17H17NO2/c1-10-5-3-4-6-13(10)18-15(19)14-11-7-8-12(9-11)17(14,2)16(18)20/h3-8,11-12,14H,9H2,1-2H3/t11-,12-,14+,17-/m0/s1. The Labute approximate surface area is 118 Å². The van der Waals surface area contributed by atoms with Crippen molar-refractivity contribution in [2.24, 2.45) is 23.2 Å². The lowest BCUT2D eigenvalue weighted by Crippen LogP contribution is -2.37. The van der Waals surface area contributed by atoms with Gasteiger partial charge in [-0.05, 0) is 43.7 Å². The number of hydrogen-bond donors (Lipinski definition) is 0. The van der Waals surface area contributed by atoms with Gasteiger partial charge in [-0.25, -0.2) is 4.90 Å². The molecule has 4 atom stereocenters. The monoisotopic (exact) mass is 267 g/mol. The third kappa shape index (κ3) is 1.17. The van der Waals surface area contributed by atoms with Crippen LogP contribution in [0.25, 0.3) is 0 Å². The van der Waals surface area contributed by atoms with Crippen LogP contribution in [0.5, 0.6) is 0 Å². The Morgan fingerprint density at radius 2 is 1.95 bits per heavy atom. The summed E-state index contributed by atoms with van der Waals surface area (Å²) in [5.74, 6) is 0.283. The van der Waals surface area contributed by atoms with E-state index in [1.54, 1.807) is 0 Å². The molecule has 0 unspecified atom stereocenters. The first kappa shape index (κ1) is 11.9. The van der Waals surface area contributed by atoms with Gasteiger partial charge in [-0.1, -0.05) is 30.4 Å². The number of fused-ring (bicyclic) bond motifs is 5. The Hall–Kier alpha value is -1.90. The van der Waals surface area contributed by atoms with Gasteiger partial charge in [0.25, 0.3) is 0 Å². The molecule has 20 heavy (non-hydrogen) atoms. The van der Waals surface area contributed by atoms with Crippen LogP contribution >= 0.6 is 0 Å². The van der Waals surface area contributed by atoms with Crippen molar-refractivity contribution in [1.82, 2.24) is 0 Å². The van der Waals surface area contributed by atoms with E-state index >= 15 is 0 Å². The average molecular weight is 267 g/mol. The van der Waals surface area contributed by atoms with Gasteiger partial charge in [-0.3, -0.25) is 9.59 Å². The van der Waals surface area contributed by atoms with Gasteiger partial charge in [0.2, 0.25) is 11.8 Å². The van der Waals surface area contributed by atoms with E-state index in [-0.39, 0.29) is 29.6 Å². The molecule has 1 aromatic carbocycles. The van der Waals surface area contributed by atoms with E-state index in [0.29, 0.717) is 0 Å². The third-order valence-corrected chi connectivity index (χ3v) is 5.47. The number of amides is 2. The number of hydrogen-bond acceptors (Lipinski definition) is 2. The molecule has 3 heteroatoms. The topological polar surface area (TPSA) is 37.4 Å². The molecular formula is C17H17NO2. The third-order valence-electron chi connectivity index (χ3n) is 5.47. The molecule has 3 aliphatic rings. The van der Waals surface area contributed by atoms with Crippen LogP contribution < -0.4 is 4.90 Å². The quantitative estimate of drug-likeness (QED) is 0.579. The van der Waals surface area contributed by atoms with E-state index in [4.69, 9.17) is 0 Å². The van der Waals surface area contributed by atoms with Crippen molar-refractivity contribution in [3.63, 3.8) is 0 Å². The van der Waals surface area contributed by atoms with Crippen molar-refractivity contribution in [2.45, 2.75) is 20.3 Å². The molecule has 3 nitrogen and oxygen atoms in total. The summed E-state index contributed by atoms with van der Waals surface area (Å²) in [6.45, 7) is 3.92. The zero-order chi connectivity index (χ0) is 14.1. The molecular weight excluding hydrogens is 250 g/mol. The molecule has 1 saturated heterocycles. The number of imide groups is 1. The van der Waals surface area contributed by atoms with Crippen LogP contribution in [0.2, 0.25) is 0 Å². The molecule has 4 rings (SSSR count). The van der Waals surface area contributed by atoms with Gasteiger partial charge >= 0.3 is 0 Å². The molecule has 0 aromatic heterocycles. The maximum absolute atomic E-state index is 12.9. The lowest BCUT2D eigenvalue weighted by atomic mass is 9.71. The van der Waals surface area contributed by atoms with Crippen molar-refractivity contribution in [1.29, 1.82) is 0 Å². The summed E-state index contributed by atoms with van der Waals surface area (Å²) >= 11 is 0. The van der Waals surface area contributed by atoms with Crippen LogP contribution in [0.15, 0.2) is 36.4 Å². The Morgan fingerprint density at radius 3 is 2.65 bits per heavy atom. The lowest BCUT2D eigenvalue weighted by molar-refractivity contribution is -0.127. The summed E-state index contributed by atoms with van der Waals surface area (Å²) in [6.07, 6.45) is 5.22. The predicted octanol–water partition coefficient (Wildman–Crippen LogP) is 2.70. The molecule has 0 spiro atoms. The van der Waals surface area contributed by atoms with E-state index in [2.05, 4.69) is 12.2 Å². The largest absolute Gasteiger partial charge is 0.274 e. The fourth-order valence-corrected chi connectivity index (χ4v) is 4.35. The van der Waals surface area contributed by atoms with Crippen molar-refractivity contribution in [2.75, 3.05) is 4.90 Å².